The second-order valence-corrected chi connectivity index (χ2v) is 13.6. The molecule has 3 aromatic heterocycles. The second kappa shape index (κ2) is 12.7. The first-order valence-corrected chi connectivity index (χ1v) is 16.5. The standard InChI is InChI=1S/C37H33F6N7O2/c1-36(2,52)11-10-21-8-9-22(23-6-5-7-24-32(23)49(4)48-35(24)44-3)30(45-21)27(14-18-12-19(38)15-20(39)13-18)46-28(51)17-50-33-29(31(47-50)34(40)41)25-16-26(25)37(33,42)43/h5-9,12-13,15,25-27,34,52H,14,16-17H2,1-4H3,(H,44,48)(H,46,51)/t25-,26?,27-/m0/s1. The van der Waals surface area contributed by atoms with Gasteiger partial charge in [0.05, 0.1) is 17.3 Å². The first-order valence-electron chi connectivity index (χ1n) is 16.5. The quantitative estimate of drug-likeness (QED) is 0.118. The summed E-state index contributed by atoms with van der Waals surface area (Å²) in [6, 6.07) is 10.5. The number of hydrogen-bond acceptors (Lipinski definition) is 6. The predicted molar refractivity (Wildman–Crippen MR) is 180 cm³/mol. The number of pyridine rings is 1. The molecular formula is C37H33F6N7O2. The van der Waals surface area contributed by atoms with E-state index in [9.17, 15) is 27.5 Å². The summed E-state index contributed by atoms with van der Waals surface area (Å²) in [5.74, 6) is -1.86. The molecule has 0 bridgehead atoms. The number of halogens is 6. The van der Waals surface area contributed by atoms with Gasteiger partial charge < -0.3 is 15.7 Å². The van der Waals surface area contributed by atoms with Gasteiger partial charge in [-0.1, -0.05) is 18.1 Å². The Morgan fingerprint density at radius 3 is 2.48 bits per heavy atom. The van der Waals surface area contributed by atoms with Crippen molar-refractivity contribution in [2.75, 3.05) is 12.4 Å². The highest BCUT2D eigenvalue weighted by molar-refractivity contribution is 6.00. The molecule has 2 aliphatic carbocycles. The number of aliphatic hydroxyl groups is 1. The lowest BCUT2D eigenvalue weighted by atomic mass is 9.93. The van der Waals surface area contributed by atoms with E-state index in [0.717, 1.165) is 17.5 Å². The van der Waals surface area contributed by atoms with Gasteiger partial charge in [-0.25, -0.2) is 22.5 Å². The number of aromatic nitrogens is 5. The van der Waals surface area contributed by atoms with Crippen molar-refractivity contribution in [2.24, 2.45) is 13.0 Å². The molecule has 7 rings (SSSR count). The third kappa shape index (κ3) is 6.36. The predicted octanol–water partition coefficient (Wildman–Crippen LogP) is 6.52. The molecule has 0 aliphatic heterocycles. The molecule has 9 nitrogen and oxygen atoms in total. The van der Waals surface area contributed by atoms with E-state index in [0.29, 0.717) is 33.2 Å². The van der Waals surface area contributed by atoms with Crippen LogP contribution in [0.5, 0.6) is 0 Å². The number of anilines is 1. The molecule has 1 unspecified atom stereocenters. The molecule has 3 atom stereocenters. The maximum atomic E-state index is 15.3. The number of nitrogens with one attached hydrogen (secondary N) is 2. The molecule has 2 aromatic carbocycles. The van der Waals surface area contributed by atoms with Crippen molar-refractivity contribution in [1.29, 1.82) is 0 Å². The molecule has 0 spiro atoms. The minimum atomic E-state index is -3.45. The topological polar surface area (TPSA) is 110 Å². The zero-order valence-electron chi connectivity index (χ0n) is 28.4. The van der Waals surface area contributed by atoms with Gasteiger partial charge in [0.15, 0.2) is 5.82 Å². The number of alkyl halides is 4. The lowest BCUT2D eigenvalue weighted by Crippen LogP contribution is -2.35. The summed E-state index contributed by atoms with van der Waals surface area (Å²) >= 11 is 0. The maximum absolute atomic E-state index is 15.3. The fourth-order valence-electron chi connectivity index (χ4n) is 7.13. The number of fused-ring (bicyclic) bond motifs is 4. The van der Waals surface area contributed by atoms with Crippen LogP contribution >= 0.6 is 0 Å². The normalized spacial score (nSPS) is 17.8. The van der Waals surface area contributed by atoms with E-state index in [1.165, 1.54) is 13.8 Å². The molecule has 3 heterocycles. The van der Waals surface area contributed by atoms with Gasteiger partial charge in [0.25, 0.3) is 12.3 Å². The Bertz CT molecular complexity index is 2280. The van der Waals surface area contributed by atoms with Gasteiger partial charge >= 0.3 is 0 Å². The molecule has 1 fully saturated rings. The van der Waals surface area contributed by atoms with Gasteiger partial charge in [0, 0.05) is 48.2 Å². The summed E-state index contributed by atoms with van der Waals surface area (Å²) in [6.45, 7) is 2.13. The van der Waals surface area contributed by atoms with Gasteiger partial charge in [0.2, 0.25) is 5.91 Å². The van der Waals surface area contributed by atoms with E-state index in [1.807, 2.05) is 6.07 Å². The number of hydrogen-bond donors (Lipinski definition) is 3. The lowest BCUT2D eigenvalue weighted by Gasteiger charge is -2.23. The van der Waals surface area contributed by atoms with Crippen LogP contribution < -0.4 is 10.6 Å². The van der Waals surface area contributed by atoms with Crippen molar-refractivity contribution in [1.82, 2.24) is 29.9 Å². The van der Waals surface area contributed by atoms with Gasteiger partial charge in [0.1, 0.15) is 40.9 Å². The minimum absolute atomic E-state index is 0.0598. The van der Waals surface area contributed by atoms with E-state index in [-0.39, 0.29) is 35.4 Å². The average molecular weight is 722 g/mol. The average Bonchev–Trinajstić information content (AvgIpc) is 3.60. The fourth-order valence-corrected chi connectivity index (χ4v) is 7.13. The van der Waals surface area contributed by atoms with Crippen LogP contribution in [0.1, 0.15) is 72.6 Å². The molecule has 1 saturated carbocycles. The SMILES string of the molecule is CNc1nn(C)c2c(-c3ccc(C#CC(C)(C)O)nc3[C@H](Cc3cc(F)cc(F)c3)NC(=O)Cn3nc(C(F)F)c4c3C(F)(F)C3C[C@H]43)cccc12. The Kier molecular flexibility index (Phi) is 8.56. The summed E-state index contributed by atoms with van der Waals surface area (Å²) in [5.41, 5.74) is -0.800. The Labute approximate surface area is 294 Å². The van der Waals surface area contributed by atoms with E-state index >= 15 is 8.78 Å². The van der Waals surface area contributed by atoms with Crippen molar-refractivity contribution < 1.29 is 36.2 Å². The highest BCUT2D eigenvalue weighted by atomic mass is 19.3. The van der Waals surface area contributed by atoms with Crippen LogP contribution in [0, 0.1) is 29.4 Å². The molecule has 5 aromatic rings. The Hall–Kier alpha value is -5.36. The molecule has 0 saturated heterocycles. The summed E-state index contributed by atoms with van der Waals surface area (Å²) in [7, 11) is 3.47. The van der Waals surface area contributed by atoms with Crippen molar-refractivity contribution in [3.63, 3.8) is 0 Å². The third-order valence-corrected chi connectivity index (χ3v) is 9.30. The molecule has 3 N–H and O–H groups in total. The number of carbonyl (C=O) groups excluding carboxylic acids is 1. The lowest BCUT2D eigenvalue weighted by molar-refractivity contribution is -0.123. The molecule has 2 aliphatic rings. The molecule has 52 heavy (non-hydrogen) atoms. The van der Waals surface area contributed by atoms with Crippen molar-refractivity contribution >= 4 is 22.6 Å². The highest BCUT2D eigenvalue weighted by Crippen LogP contribution is 2.68. The third-order valence-electron chi connectivity index (χ3n) is 9.30. The minimum Gasteiger partial charge on any atom is -0.378 e. The van der Waals surface area contributed by atoms with E-state index in [4.69, 9.17) is 4.98 Å². The summed E-state index contributed by atoms with van der Waals surface area (Å²) in [4.78, 5) is 18.6. The van der Waals surface area contributed by atoms with Crippen molar-refractivity contribution in [3.8, 4) is 23.0 Å². The van der Waals surface area contributed by atoms with E-state index in [2.05, 4.69) is 32.7 Å². The Morgan fingerprint density at radius 1 is 1.08 bits per heavy atom. The molecule has 1 amide bonds. The maximum Gasteiger partial charge on any atom is 0.293 e. The zero-order valence-corrected chi connectivity index (χ0v) is 28.4. The van der Waals surface area contributed by atoms with Crippen LogP contribution in [0.2, 0.25) is 0 Å². The van der Waals surface area contributed by atoms with E-state index < -0.39 is 71.3 Å². The molecule has 0 radical (unpaired) electrons. The highest BCUT2D eigenvalue weighted by Gasteiger charge is 2.67. The van der Waals surface area contributed by atoms with Gasteiger partial charge in [-0.05, 0) is 74.4 Å². The van der Waals surface area contributed by atoms with Crippen molar-refractivity contribution in [3.05, 3.63) is 94.1 Å². The molecule has 15 heteroatoms. The largest absolute Gasteiger partial charge is 0.378 e. The second-order valence-electron chi connectivity index (χ2n) is 13.6. The van der Waals surface area contributed by atoms with Gasteiger partial charge in [-0.15, -0.1) is 0 Å². The molecular weight excluding hydrogens is 688 g/mol. The smallest absolute Gasteiger partial charge is 0.293 e. The van der Waals surface area contributed by atoms with Crippen LogP contribution in [0.4, 0.5) is 32.2 Å². The number of carbonyl (C=O) groups is 1. The van der Waals surface area contributed by atoms with Crippen LogP contribution in [0.15, 0.2) is 48.5 Å². The number of nitrogens with zero attached hydrogens (tertiary/aromatic N) is 5. The van der Waals surface area contributed by atoms with Crippen molar-refractivity contribution in [2.45, 2.75) is 63.1 Å². The molecule has 270 valence electrons. The summed E-state index contributed by atoms with van der Waals surface area (Å²) < 4.78 is 89.8. The zero-order chi connectivity index (χ0) is 37.3. The van der Waals surface area contributed by atoms with E-state index in [1.54, 1.807) is 43.0 Å². The fraction of sp³-hybridized carbons (Fsp3) is 0.351. The van der Waals surface area contributed by atoms with Crippen LogP contribution in [0.25, 0.3) is 22.0 Å². The summed E-state index contributed by atoms with van der Waals surface area (Å²) in [6.07, 6.45) is -3.29. The number of aryl methyl sites for hydroxylation is 1. The first-order chi connectivity index (χ1) is 24.5. The summed E-state index contributed by atoms with van der Waals surface area (Å²) in [5, 5.41) is 25.2. The first kappa shape index (κ1) is 35.1. The monoisotopic (exact) mass is 721 g/mol. The van der Waals surface area contributed by atoms with Gasteiger partial charge in [-0.2, -0.15) is 19.0 Å². The Balaban J connectivity index is 1.36. The van der Waals surface area contributed by atoms with Gasteiger partial charge in [-0.3, -0.25) is 14.2 Å². The van der Waals surface area contributed by atoms with Crippen LogP contribution in [-0.4, -0.2) is 48.2 Å². The van der Waals surface area contributed by atoms with Crippen LogP contribution in [0.3, 0.4) is 0 Å². The number of para-hydroxylation sites is 1. The van der Waals surface area contributed by atoms with Crippen LogP contribution in [-0.2, 0) is 30.7 Å². The number of rotatable bonds is 9. The number of amides is 1. The number of benzene rings is 2. The Morgan fingerprint density at radius 2 is 1.81 bits per heavy atom.